The number of amides is 3. The topological polar surface area (TPSA) is 104 Å². The second kappa shape index (κ2) is 8.48. The largest absolute Gasteiger partial charge is 0.335 e. The van der Waals surface area contributed by atoms with E-state index in [0.717, 1.165) is 16.9 Å². The molecule has 2 aromatic heterocycles. The number of hydrogen-bond donors (Lipinski definition) is 3. The van der Waals surface area contributed by atoms with Crippen LogP contribution in [-0.4, -0.2) is 33.7 Å². The number of carbonyl (C=O) groups excluding carboxylic acids is 2. The van der Waals surface area contributed by atoms with Crippen LogP contribution in [-0.2, 0) is 10.5 Å². The summed E-state index contributed by atoms with van der Waals surface area (Å²) in [5.74, 6) is 0.650. The average molecular weight is 383 g/mol. The van der Waals surface area contributed by atoms with Crippen LogP contribution in [0.2, 0.25) is 0 Å². The van der Waals surface area contributed by atoms with E-state index in [1.807, 2.05) is 27.7 Å². The molecule has 0 fully saturated rings. The first-order chi connectivity index (χ1) is 11.8. The van der Waals surface area contributed by atoms with Gasteiger partial charge in [-0.05, 0) is 32.8 Å². The molecule has 1 atom stereocenters. The Bertz CT molecular complexity index is 844. The Labute approximate surface area is 154 Å². The zero-order valence-electron chi connectivity index (χ0n) is 14.7. The molecule has 2 aromatic rings. The number of fused-ring (bicyclic) bond motifs is 1. The first-order valence-electron chi connectivity index (χ1n) is 7.98. The van der Waals surface area contributed by atoms with Crippen LogP contribution in [0.25, 0.3) is 10.2 Å². The SMILES string of the molecule is CC[C@H](C)NC(=O)NC(=O)CSCc1nc2sc(C)c(C)c2c(=O)[nH]1. The molecule has 0 unspecified atom stereocenters. The summed E-state index contributed by atoms with van der Waals surface area (Å²) < 4.78 is 0. The number of thiophene rings is 1. The summed E-state index contributed by atoms with van der Waals surface area (Å²) in [5, 5.41) is 5.58. The second-order valence-corrected chi connectivity index (χ2v) is 7.99. The minimum absolute atomic E-state index is 0.0131. The van der Waals surface area contributed by atoms with Gasteiger partial charge in [-0.2, -0.15) is 0 Å². The summed E-state index contributed by atoms with van der Waals surface area (Å²) in [4.78, 5) is 44.5. The highest BCUT2D eigenvalue weighted by Crippen LogP contribution is 2.26. The second-order valence-electron chi connectivity index (χ2n) is 5.80. The van der Waals surface area contributed by atoms with Crippen molar-refractivity contribution < 1.29 is 9.59 Å². The predicted octanol–water partition coefficient (Wildman–Crippen LogP) is 2.46. The van der Waals surface area contributed by atoms with Gasteiger partial charge in [0.1, 0.15) is 10.7 Å². The Balaban J connectivity index is 1.89. The number of aryl methyl sites for hydroxylation is 2. The van der Waals surface area contributed by atoms with Gasteiger partial charge in [-0.25, -0.2) is 9.78 Å². The van der Waals surface area contributed by atoms with Gasteiger partial charge in [0.25, 0.3) is 5.56 Å². The zero-order valence-corrected chi connectivity index (χ0v) is 16.3. The van der Waals surface area contributed by atoms with E-state index in [-0.39, 0.29) is 23.3 Å². The quantitative estimate of drug-likeness (QED) is 0.712. The van der Waals surface area contributed by atoms with E-state index < -0.39 is 6.03 Å². The number of H-pyrrole nitrogens is 1. The number of nitrogens with zero attached hydrogens (tertiary/aromatic N) is 1. The van der Waals surface area contributed by atoms with Crippen molar-refractivity contribution in [2.24, 2.45) is 0 Å². The standard InChI is InChI=1S/C16H22N4O3S2/c1-5-8(2)17-16(23)20-12(21)7-24-6-11-18-14(22)13-9(3)10(4)25-15(13)19-11/h8H,5-7H2,1-4H3,(H,18,19,22)(H2,17,20,21,23)/t8-/m0/s1. The lowest BCUT2D eigenvalue weighted by molar-refractivity contribution is -0.117. The van der Waals surface area contributed by atoms with Crippen molar-refractivity contribution in [3.8, 4) is 0 Å². The number of hydrogen-bond acceptors (Lipinski definition) is 6. The minimum atomic E-state index is -0.488. The van der Waals surface area contributed by atoms with Gasteiger partial charge in [-0.15, -0.1) is 23.1 Å². The fourth-order valence-corrected chi connectivity index (χ4v) is 3.87. The molecule has 7 nitrogen and oxygen atoms in total. The van der Waals surface area contributed by atoms with Crippen LogP contribution in [0, 0.1) is 13.8 Å². The fourth-order valence-electron chi connectivity index (χ4n) is 2.13. The summed E-state index contributed by atoms with van der Waals surface area (Å²) in [6.07, 6.45) is 0.791. The lowest BCUT2D eigenvalue weighted by Gasteiger charge is -2.11. The summed E-state index contributed by atoms with van der Waals surface area (Å²) in [6, 6.07) is -0.475. The molecule has 3 amide bonds. The first kappa shape index (κ1) is 19.5. The third-order valence-corrected chi connectivity index (χ3v) is 5.85. The highest BCUT2D eigenvalue weighted by molar-refractivity contribution is 7.99. The van der Waals surface area contributed by atoms with Crippen molar-refractivity contribution in [2.45, 2.75) is 45.9 Å². The van der Waals surface area contributed by atoms with E-state index in [1.54, 1.807) is 0 Å². The number of aromatic nitrogens is 2. The van der Waals surface area contributed by atoms with E-state index in [4.69, 9.17) is 0 Å². The number of carbonyl (C=O) groups is 2. The van der Waals surface area contributed by atoms with Gasteiger partial charge in [0.2, 0.25) is 5.91 Å². The third-order valence-electron chi connectivity index (χ3n) is 3.80. The first-order valence-corrected chi connectivity index (χ1v) is 9.95. The van der Waals surface area contributed by atoms with Crippen molar-refractivity contribution in [1.82, 2.24) is 20.6 Å². The van der Waals surface area contributed by atoms with Crippen LogP contribution in [0.4, 0.5) is 4.79 Å². The van der Waals surface area contributed by atoms with Crippen molar-refractivity contribution in [1.29, 1.82) is 0 Å². The normalized spacial score (nSPS) is 12.2. The van der Waals surface area contributed by atoms with Crippen LogP contribution in [0.3, 0.4) is 0 Å². The highest BCUT2D eigenvalue weighted by Gasteiger charge is 2.13. The Hall–Kier alpha value is -1.87. The van der Waals surface area contributed by atoms with Crippen LogP contribution in [0.5, 0.6) is 0 Å². The van der Waals surface area contributed by atoms with Crippen LogP contribution in [0.1, 0.15) is 36.5 Å². The molecule has 136 valence electrons. The molecular formula is C16H22N4O3S2. The van der Waals surface area contributed by atoms with Crippen LogP contribution in [0.15, 0.2) is 4.79 Å². The predicted molar refractivity (Wildman–Crippen MR) is 102 cm³/mol. The molecular weight excluding hydrogens is 360 g/mol. The number of imide groups is 1. The monoisotopic (exact) mass is 382 g/mol. The third kappa shape index (κ3) is 5.05. The fraction of sp³-hybridized carbons (Fsp3) is 0.500. The van der Waals surface area contributed by atoms with Crippen molar-refractivity contribution in [3.63, 3.8) is 0 Å². The number of aromatic amines is 1. The molecule has 3 N–H and O–H groups in total. The van der Waals surface area contributed by atoms with Crippen LogP contribution < -0.4 is 16.2 Å². The van der Waals surface area contributed by atoms with Gasteiger partial charge < -0.3 is 10.3 Å². The van der Waals surface area contributed by atoms with Gasteiger partial charge >= 0.3 is 6.03 Å². The molecule has 0 aliphatic rings. The van der Waals surface area contributed by atoms with E-state index in [0.29, 0.717) is 21.8 Å². The molecule has 2 heterocycles. The number of rotatable bonds is 6. The molecule has 0 aliphatic carbocycles. The van der Waals surface area contributed by atoms with Gasteiger partial charge in [0.05, 0.1) is 16.9 Å². The molecule has 0 bridgehead atoms. The minimum Gasteiger partial charge on any atom is -0.335 e. The van der Waals surface area contributed by atoms with Crippen molar-refractivity contribution in [2.75, 3.05) is 5.75 Å². The average Bonchev–Trinajstić information content (AvgIpc) is 2.81. The molecule has 0 saturated heterocycles. The lowest BCUT2D eigenvalue weighted by Crippen LogP contribution is -2.43. The summed E-state index contributed by atoms with van der Waals surface area (Å²) >= 11 is 2.78. The number of urea groups is 1. The van der Waals surface area contributed by atoms with E-state index in [1.165, 1.54) is 23.1 Å². The van der Waals surface area contributed by atoms with Crippen LogP contribution >= 0.6 is 23.1 Å². The Morgan fingerprint density at radius 1 is 1.36 bits per heavy atom. The molecule has 0 radical (unpaired) electrons. The molecule has 25 heavy (non-hydrogen) atoms. The van der Waals surface area contributed by atoms with E-state index >= 15 is 0 Å². The Morgan fingerprint density at radius 2 is 2.08 bits per heavy atom. The number of thioether (sulfide) groups is 1. The maximum Gasteiger partial charge on any atom is 0.321 e. The van der Waals surface area contributed by atoms with Crippen molar-refractivity contribution in [3.05, 3.63) is 26.6 Å². The maximum atomic E-state index is 12.2. The molecule has 0 aliphatic heterocycles. The van der Waals surface area contributed by atoms with E-state index in [9.17, 15) is 14.4 Å². The smallest absolute Gasteiger partial charge is 0.321 e. The molecule has 9 heteroatoms. The van der Waals surface area contributed by atoms with Crippen molar-refractivity contribution >= 4 is 45.3 Å². The molecule has 0 saturated carbocycles. The summed E-state index contributed by atoms with van der Waals surface area (Å²) in [5.41, 5.74) is 0.805. The Morgan fingerprint density at radius 3 is 2.76 bits per heavy atom. The zero-order chi connectivity index (χ0) is 18.6. The van der Waals surface area contributed by atoms with Gasteiger partial charge in [-0.3, -0.25) is 14.9 Å². The van der Waals surface area contributed by atoms with Gasteiger partial charge in [-0.1, -0.05) is 6.92 Å². The Kier molecular flexibility index (Phi) is 6.60. The molecule has 2 rings (SSSR count). The lowest BCUT2D eigenvalue weighted by atomic mass is 10.2. The molecule has 0 spiro atoms. The molecule has 0 aromatic carbocycles. The highest BCUT2D eigenvalue weighted by atomic mass is 32.2. The number of nitrogens with one attached hydrogen (secondary N) is 3. The van der Waals surface area contributed by atoms with Gasteiger partial charge in [0.15, 0.2) is 0 Å². The van der Waals surface area contributed by atoms with E-state index in [2.05, 4.69) is 20.6 Å². The summed E-state index contributed by atoms with van der Waals surface area (Å²) in [6.45, 7) is 7.69. The summed E-state index contributed by atoms with van der Waals surface area (Å²) in [7, 11) is 0. The van der Waals surface area contributed by atoms with Gasteiger partial charge in [0, 0.05) is 10.9 Å². The maximum absolute atomic E-state index is 12.2.